The summed E-state index contributed by atoms with van der Waals surface area (Å²) in [5, 5.41) is 8.72. The molecule has 0 amide bonds. The van der Waals surface area contributed by atoms with Crippen molar-refractivity contribution in [3.05, 3.63) is 53.7 Å². The van der Waals surface area contributed by atoms with Crippen molar-refractivity contribution in [2.24, 2.45) is 0 Å². The van der Waals surface area contributed by atoms with E-state index in [-0.39, 0.29) is 5.75 Å². The van der Waals surface area contributed by atoms with Crippen LogP contribution in [0, 0.1) is 11.3 Å². The SMILES string of the molecule is CN(Cc1cccc(OC(F)(F)F)c1)c1ccc(C#N)cn1. The Balaban J connectivity index is 2.09. The van der Waals surface area contributed by atoms with Gasteiger partial charge in [-0.25, -0.2) is 4.98 Å². The molecule has 0 spiro atoms. The Kier molecular flexibility index (Phi) is 4.51. The van der Waals surface area contributed by atoms with Crippen molar-refractivity contribution in [3.63, 3.8) is 0 Å². The van der Waals surface area contributed by atoms with E-state index in [9.17, 15) is 13.2 Å². The monoisotopic (exact) mass is 307 g/mol. The summed E-state index contributed by atoms with van der Waals surface area (Å²) >= 11 is 0. The van der Waals surface area contributed by atoms with E-state index >= 15 is 0 Å². The average molecular weight is 307 g/mol. The van der Waals surface area contributed by atoms with Gasteiger partial charge in [0.25, 0.3) is 0 Å². The molecule has 2 rings (SSSR count). The van der Waals surface area contributed by atoms with Crippen molar-refractivity contribution in [1.29, 1.82) is 5.26 Å². The van der Waals surface area contributed by atoms with E-state index in [0.29, 0.717) is 23.5 Å². The first-order valence-corrected chi connectivity index (χ1v) is 6.29. The second-order valence-corrected chi connectivity index (χ2v) is 4.57. The molecule has 4 nitrogen and oxygen atoms in total. The van der Waals surface area contributed by atoms with Gasteiger partial charge in [0.05, 0.1) is 5.56 Å². The van der Waals surface area contributed by atoms with Gasteiger partial charge in [-0.15, -0.1) is 13.2 Å². The van der Waals surface area contributed by atoms with Crippen LogP contribution in [0.5, 0.6) is 5.75 Å². The number of anilines is 1. The highest BCUT2D eigenvalue weighted by Gasteiger charge is 2.31. The van der Waals surface area contributed by atoms with Crippen LogP contribution in [-0.2, 0) is 6.54 Å². The lowest BCUT2D eigenvalue weighted by Gasteiger charge is -2.18. The Morgan fingerprint density at radius 1 is 1.27 bits per heavy atom. The molecular formula is C15H12F3N3O. The maximum absolute atomic E-state index is 12.2. The summed E-state index contributed by atoms with van der Waals surface area (Å²) in [5.41, 5.74) is 1.09. The lowest BCUT2D eigenvalue weighted by Crippen LogP contribution is -2.19. The topological polar surface area (TPSA) is 49.1 Å². The van der Waals surface area contributed by atoms with Gasteiger partial charge in [0.15, 0.2) is 0 Å². The molecule has 1 aromatic heterocycles. The van der Waals surface area contributed by atoms with Gasteiger partial charge in [-0.3, -0.25) is 0 Å². The van der Waals surface area contributed by atoms with Gasteiger partial charge in [0, 0.05) is 19.8 Å². The highest BCUT2D eigenvalue weighted by molar-refractivity contribution is 5.42. The standard InChI is InChI=1S/C15H12F3N3O/c1-21(14-6-5-12(8-19)9-20-14)10-11-3-2-4-13(7-11)22-15(16,17)18/h2-7,9H,10H2,1H3. The van der Waals surface area contributed by atoms with Crippen LogP contribution in [0.15, 0.2) is 42.6 Å². The maximum Gasteiger partial charge on any atom is 0.573 e. The predicted octanol–water partition coefficient (Wildman–Crippen LogP) is 3.49. The molecule has 0 radical (unpaired) electrons. The van der Waals surface area contributed by atoms with E-state index < -0.39 is 6.36 Å². The number of alkyl halides is 3. The third-order valence-corrected chi connectivity index (χ3v) is 2.82. The second kappa shape index (κ2) is 6.35. The van der Waals surface area contributed by atoms with Crippen molar-refractivity contribution in [2.45, 2.75) is 12.9 Å². The van der Waals surface area contributed by atoms with Gasteiger partial charge in [-0.1, -0.05) is 12.1 Å². The van der Waals surface area contributed by atoms with Crippen LogP contribution in [0.25, 0.3) is 0 Å². The molecule has 0 aliphatic rings. The number of nitriles is 1. The fourth-order valence-corrected chi connectivity index (χ4v) is 1.87. The molecule has 1 heterocycles. The summed E-state index contributed by atoms with van der Waals surface area (Å²) in [6.07, 6.45) is -3.27. The van der Waals surface area contributed by atoms with E-state index in [1.807, 2.05) is 6.07 Å². The number of halogens is 3. The number of pyridine rings is 1. The zero-order valence-corrected chi connectivity index (χ0v) is 11.6. The number of rotatable bonds is 4. The summed E-state index contributed by atoms with van der Waals surface area (Å²) in [4.78, 5) is 5.88. The molecule has 0 fully saturated rings. The molecule has 2 aromatic rings. The van der Waals surface area contributed by atoms with E-state index in [1.54, 1.807) is 30.1 Å². The molecule has 0 aliphatic carbocycles. The Morgan fingerprint density at radius 3 is 2.64 bits per heavy atom. The molecule has 22 heavy (non-hydrogen) atoms. The van der Waals surface area contributed by atoms with Crippen LogP contribution in [-0.4, -0.2) is 18.4 Å². The third-order valence-electron chi connectivity index (χ3n) is 2.82. The Morgan fingerprint density at radius 2 is 2.05 bits per heavy atom. The molecule has 7 heteroatoms. The largest absolute Gasteiger partial charge is 0.573 e. The first kappa shape index (κ1) is 15.6. The van der Waals surface area contributed by atoms with Crippen LogP contribution in [0.1, 0.15) is 11.1 Å². The Labute approximate surface area is 125 Å². The second-order valence-electron chi connectivity index (χ2n) is 4.57. The summed E-state index contributed by atoms with van der Waals surface area (Å²) in [6.45, 7) is 0.355. The molecule has 0 saturated heterocycles. The minimum atomic E-state index is -4.71. The van der Waals surface area contributed by atoms with Crippen LogP contribution >= 0.6 is 0 Å². The first-order chi connectivity index (χ1) is 10.4. The van der Waals surface area contributed by atoms with E-state index in [0.717, 1.165) is 0 Å². The smallest absolute Gasteiger partial charge is 0.406 e. The summed E-state index contributed by atoms with van der Waals surface area (Å²) in [7, 11) is 1.76. The Hall–Kier alpha value is -2.75. The van der Waals surface area contributed by atoms with Crippen molar-refractivity contribution in [3.8, 4) is 11.8 Å². The van der Waals surface area contributed by atoms with Gasteiger partial charge in [-0.2, -0.15) is 5.26 Å². The number of aromatic nitrogens is 1. The van der Waals surface area contributed by atoms with Gasteiger partial charge in [0.1, 0.15) is 17.6 Å². The summed E-state index contributed by atoms with van der Waals surface area (Å²) in [5.74, 6) is 0.354. The number of hydrogen-bond acceptors (Lipinski definition) is 4. The quantitative estimate of drug-likeness (QED) is 0.867. The van der Waals surface area contributed by atoms with Crippen LogP contribution < -0.4 is 9.64 Å². The Bertz CT molecular complexity index is 678. The molecule has 0 saturated carbocycles. The molecular weight excluding hydrogens is 295 g/mol. The fourth-order valence-electron chi connectivity index (χ4n) is 1.87. The summed E-state index contributed by atoms with van der Waals surface area (Å²) < 4.78 is 40.5. The molecule has 0 aliphatic heterocycles. The van der Waals surface area contributed by atoms with Crippen LogP contribution in [0.2, 0.25) is 0 Å². The van der Waals surface area contributed by atoms with Crippen molar-refractivity contribution >= 4 is 5.82 Å². The molecule has 1 aromatic carbocycles. The predicted molar refractivity (Wildman–Crippen MR) is 74.2 cm³/mol. The molecule has 114 valence electrons. The van der Waals surface area contributed by atoms with Gasteiger partial charge in [-0.05, 0) is 29.8 Å². The lowest BCUT2D eigenvalue weighted by molar-refractivity contribution is -0.274. The molecule has 0 unspecified atom stereocenters. The lowest BCUT2D eigenvalue weighted by atomic mass is 10.2. The average Bonchev–Trinajstić information content (AvgIpc) is 2.46. The van der Waals surface area contributed by atoms with Gasteiger partial charge >= 0.3 is 6.36 Å². The molecule has 0 N–H and O–H groups in total. The fraction of sp³-hybridized carbons (Fsp3) is 0.200. The number of nitrogens with zero attached hydrogens (tertiary/aromatic N) is 3. The van der Waals surface area contributed by atoms with E-state index in [1.165, 1.54) is 24.4 Å². The van der Waals surface area contributed by atoms with Crippen molar-refractivity contribution in [1.82, 2.24) is 4.98 Å². The molecule has 0 bridgehead atoms. The number of hydrogen-bond donors (Lipinski definition) is 0. The molecule has 0 atom stereocenters. The van der Waals surface area contributed by atoms with Crippen molar-refractivity contribution in [2.75, 3.05) is 11.9 Å². The van der Waals surface area contributed by atoms with Crippen molar-refractivity contribution < 1.29 is 17.9 Å². The highest BCUT2D eigenvalue weighted by Crippen LogP contribution is 2.24. The third kappa shape index (κ3) is 4.38. The zero-order valence-electron chi connectivity index (χ0n) is 11.6. The summed E-state index contributed by atoms with van der Waals surface area (Å²) in [6, 6.07) is 11.0. The maximum atomic E-state index is 12.2. The highest BCUT2D eigenvalue weighted by atomic mass is 19.4. The van der Waals surface area contributed by atoms with Crippen LogP contribution in [0.4, 0.5) is 19.0 Å². The van der Waals surface area contributed by atoms with Crippen LogP contribution in [0.3, 0.4) is 0 Å². The number of ether oxygens (including phenoxy) is 1. The van der Waals surface area contributed by atoms with E-state index in [4.69, 9.17) is 5.26 Å². The van der Waals surface area contributed by atoms with Gasteiger partial charge in [0.2, 0.25) is 0 Å². The first-order valence-electron chi connectivity index (χ1n) is 6.29. The van der Waals surface area contributed by atoms with E-state index in [2.05, 4.69) is 9.72 Å². The number of benzene rings is 1. The normalized spacial score (nSPS) is 10.9. The minimum absolute atomic E-state index is 0.258. The minimum Gasteiger partial charge on any atom is -0.406 e. The zero-order chi connectivity index (χ0) is 16.2. The van der Waals surface area contributed by atoms with Gasteiger partial charge < -0.3 is 9.64 Å².